The average molecular weight is 289 g/mol. The number of methoxy groups -OCH3 is 1. The number of nitrogens with zero attached hydrogens (tertiary/aromatic N) is 3. The van der Waals surface area contributed by atoms with Crippen LogP contribution >= 0.6 is 11.6 Å². The monoisotopic (exact) mass is 288 g/mol. The molecular weight excluding hydrogens is 276 g/mol. The molecule has 102 valence electrons. The second-order valence-electron chi connectivity index (χ2n) is 4.29. The van der Waals surface area contributed by atoms with E-state index in [2.05, 4.69) is 15.6 Å². The molecule has 5 nitrogen and oxygen atoms in total. The molecular formula is C14H13ClN4O. The van der Waals surface area contributed by atoms with Gasteiger partial charge in [0.1, 0.15) is 17.9 Å². The third-order valence-corrected chi connectivity index (χ3v) is 3.23. The van der Waals surface area contributed by atoms with Gasteiger partial charge in [0, 0.05) is 10.7 Å². The van der Waals surface area contributed by atoms with Crippen LogP contribution in [0, 0.1) is 0 Å². The number of hydrogen-bond acceptors (Lipinski definition) is 4. The lowest BCUT2D eigenvalue weighted by molar-refractivity contribution is 0.415. The SMILES string of the molecule is COc1ccc(NCn2nnc3cc(Cl)ccc32)cc1. The maximum Gasteiger partial charge on any atom is 0.119 e. The van der Waals surface area contributed by atoms with Gasteiger partial charge in [-0.05, 0) is 42.5 Å². The Hall–Kier alpha value is -2.27. The van der Waals surface area contributed by atoms with E-state index in [1.54, 1.807) is 17.9 Å². The van der Waals surface area contributed by atoms with E-state index in [0.29, 0.717) is 11.7 Å². The molecule has 1 N–H and O–H groups in total. The fraction of sp³-hybridized carbons (Fsp3) is 0.143. The summed E-state index contributed by atoms with van der Waals surface area (Å²) in [6.07, 6.45) is 0. The number of aromatic nitrogens is 3. The molecule has 0 spiro atoms. The van der Waals surface area contributed by atoms with E-state index in [1.165, 1.54) is 0 Å². The Morgan fingerprint density at radius 1 is 1.20 bits per heavy atom. The highest BCUT2D eigenvalue weighted by molar-refractivity contribution is 6.31. The van der Waals surface area contributed by atoms with E-state index < -0.39 is 0 Å². The number of rotatable bonds is 4. The molecule has 0 aliphatic carbocycles. The number of nitrogens with one attached hydrogen (secondary N) is 1. The molecule has 20 heavy (non-hydrogen) atoms. The van der Waals surface area contributed by atoms with Crippen molar-refractivity contribution in [3.05, 3.63) is 47.5 Å². The van der Waals surface area contributed by atoms with Crippen molar-refractivity contribution in [3.63, 3.8) is 0 Å². The van der Waals surface area contributed by atoms with Gasteiger partial charge in [0.25, 0.3) is 0 Å². The number of ether oxygens (including phenoxy) is 1. The van der Waals surface area contributed by atoms with Gasteiger partial charge in [-0.25, -0.2) is 4.68 Å². The highest BCUT2D eigenvalue weighted by Gasteiger charge is 2.04. The molecule has 0 unspecified atom stereocenters. The molecule has 0 atom stereocenters. The smallest absolute Gasteiger partial charge is 0.119 e. The van der Waals surface area contributed by atoms with Gasteiger partial charge in [-0.2, -0.15) is 0 Å². The zero-order valence-electron chi connectivity index (χ0n) is 10.9. The van der Waals surface area contributed by atoms with Crippen molar-refractivity contribution in [1.82, 2.24) is 15.0 Å². The fourth-order valence-electron chi connectivity index (χ4n) is 1.94. The molecule has 0 fully saturated rings. The molecule has 2 aromatic carbocycles. The summed E-state index contributed by atoms with van der Waals surface area (Å²) in [4.78, 5) is 0. The molecule has 6 heteroatoms. The molecule has 0 aliphatic heterocycles. The van der Waals surface area contributed by atoms with E-state index >= 15 is 0 Å². The minimum Gasteiger partial charge on any atom is -0.497 e. The Labute approximate surface area is 121 Å². The van der Waals surface area contributed by atoms with Crippen molar-refractivity contribution < 1.29 is 4.74 Å². The van der Waals surface area contributed by atoms with Gasteiger partial charge < -0.3 is 10.1 Å². The van der Waals surface area contributed by atoms with Crippen LogP contribution in [-0.4, -0.2) is 22.1 Å². The van der Waals surface area contributed by atoms with Crippen LogP contribution in [0.1, 0.15) is 0 Å². The molecule has 0 saturated carbocycles. The van der Waals surface area contributed by atoms with E-state index in [-0.39, 0.29) is 0 Å². The predicted octanol–water partition coefficient (Wildman–Crippen LogP) is 3.16. The summed E-state index contributed by atoms with van der Waals surface area (Å²) in [5, 5.41) is 12.1. The molecule has 3 rings (SSSR count). The summed E-state index contributed by atoms with van der Waals surface area (Å²) in [5.41, 5.74) is 2.72. The van der Waals surface area contributed by atoms with Crippen LogP contribution < -0.4 is 10.1 Å². The summed E-state index contributed by atoms with van der Waals surface area (Å²) in [6.45, 7) is 0.532. The van der Waals surface area contributed by atoms with E-state index in [1.807, 2.05) is 36.4 Å². The number of hydrogen-bond donors (Lipinski definition) is 1. The average Bonchev–Trinajstić information content (AvgIpc) is 2.88. The van der Waals surface area contributed by atoms with Gasteiger partial charge in [-0.1, -0.05) is 16.8 Å². The first-order chi connectivity index (χ1) is 9.76. The maximum atomic E-state index is 5.92. The molecule has 0 saturated heterocycles. The number of fused-ring (bicyclic) bond motifs is 1. The summed E-state index contributed by atoms with van der Waals surface area (Å²) >= 11 is 5.92. The van der Waals surface area contributed by atoms with E-state index in [9.17, 15) is 0 Å². The summed E-state index contributed by atoms with van der Waals surface area (Å²) in [6, 6.07) is 13.3. The third-order valence-electron chi connectivity index (χ3n) is 3.00. The summed E-state index contributed by atoms with van der Waals surface area (Å²) < 4.78 is 6.91. The number of halogens is 1. The van der Waals surface area contributed by atoms with E-state index in [0.717, 1.165) is 22.5 Å². The Kier molecular flexibility index (Phi) is 3.43. The van der Waals surface area contributed by atoms with Crippen LogP contribution in [0.3, 0.4) is 0 Å². The van der Waals surface area contributed by atoms with Crippen molar-refractivity contribution in [2.75, 3.05) is 12.4 Å². The number of anilines is 1. The highest BCUT2D eigenvalue weighted by atomic mass is 35.5. The van der Waals surface area contributed by atoms with Gasteiger partial charge in [-0.3, -0.25) is 0 Å². The fourth-order valence-corrected chi connectivity index (χ4v) is 2.10. The second-order valence-corrected chi connectivity index (χ2v) is 4.72. The van der Waals surface area contributed by atoms with Crippen molar-refractivity contribution >= 4 is 28.3 Å². The topological polar surface area (TPSA) is 52.0 Å². The second kappa shape index (κ2) is 5.38. The van der Waals surface area contributed by atoms with Crippen molar-refractivity contribution in [3.8, 4) is 5.75 Å². The van der Waals surface area contributed by atoms with Crippen LogP contribution in [0.5, 0.6) is 5.75 Å². The lowest BCUT2D eigenvalue weighted by atomic mass is 10.3. The standard InChI is InChI=1S/C14H13ClN4O/c1-20-12-5-3-11(4-6-12)16-9-19-14-7-2-10(15)8-13(14)17-18-19/h2-8,16H,9H2,1H3. The molecule has 0 aliphatic rings. The zero-order valence-corrected chi connectivity index (χ0v) is 11.6. The molecule has 1 aromatic heterocycles. The first-order valence-corrected chi connectivity index (χ1v) is 6.51. The lowest BCUT2D eigenvalue weighted by Crippen LogP contribution is -2.09. The third kappa shape index (κ3) is 2.53. The first kappa shape index (κ1) is 12.7. The largest absolute Gasteiger partial charge is 0.497 e. The van der Waals surface area contributed by atoms with Crippen molar-refractivity contribution in [2.45, 2.75) is 6.67 Å². The Bertz CT molecular complexity index is 724. The minimum atomic E-state index is 0.532. The lowest BCUT2D eigenvalue weighted by Gasteiger charge is -2.07. The van der Waals surface area contributed by atoms with Crippen LogP contribution in [0.2, 0.25) is 5.02 Å². The normalized spacial score (nSPS) is 10.7. The minimum absolute atomic E-state index is 0.532. The van der Waals surface area contributed by atoms with Crippen LogP contribution in [-0.2, 0) is 6.67 Å². The van der Waals surface area contributed by atoms with Gasteiger partial charge >= 0.3 is 0 Å². The van der Waals surface area contributed by atoms with E-state index in [4.69, 9.17) is 16.3 Å². The van der Waals surface area contributed by atoms with Crippen LogP contribution in [0.25, 0.3) is 11.0 Å². The maximum absolute atomic E-state index is 5.92. The Morgan fingerprint density at radius 2 is 2.00 bits per heavy atom. The van der Waals surface area contributed by atoms with Gasteiger partial charge in [0.15, 0.2) is 0 Å². The molecule has 0 bridgehead atoms. The molecule has 3 aromatic rings. The quantitative estimate of drug-likeness (QED) is 0.801. The van der Waals surface area contributed by atoms with Gasteiger partial charge in [0.05, 0.1) is 12.6 Å². The molecule has 0 radical (unpaired) electrons. The zero-order chi connectivity index (χ0) is 13.9. The Morgan fingerprint density at radius 3 is 2.75 bits per heavy atom. The van der Waals surface area contributed by atoms with Crippen molar-refractivity contribution in [1.29, 1.82) is 0 Å². The summed E-state index contributed by atoms with van der Waals surface area (Å²) in [7, 11) is 1.65. The molecule has 1 heterocycles. The predicted molar refractivity (Wildman–Crippen MR) is 79.2 cm³/mol. The van der Waals surface area contributed by atoms with Crippen LogP contribution in [0.15, 0.2) is 42.5 Å². The van der Waals surface area contributed by atoms with Crippen molar-refractivity contribution in [2.24, 2.45) is 0 Å². The highest BCUT2D eigenvalue weighted by Crippen LogP contribution is 2.18. The number of benzene rings is 2. The Balaban J connectivity index is 1.76. The van der Waals surface area contributed by atoms with Gasteiger partial charge in [0.2, 0.25) is 0 Å². The molecule has 0 amide bonds. The first-order valence-electron chi connectivity index (χ1n) is 6.13. The van der Waals surface area contributed by atoms with Gasteiger partial charge in [-0.15, -0.1) is 5.10 Å². The summed E-state index contributed by atoms with van der Waals surface area (Å²) in [5.74, 6) is 0.830. The van der Waals surface area contributed by atoms with Crippen LogP contribution in [0.4, 0.5) is 5.69 Å².